The van der Waals surface area contributed by atoms with Gasteiger partial charge in [-0.05, 0) is 62.5 Å². The van der Waals surface area contributed by atoms with Crippen LogP contribution >= 0.6 is 0 Å². The van der Waals surface area contributed by atoms with Crippen LogP contribution in [0, 0.1) is 5.41 Å². The van der Waals surface area contributed by atoms with Gasteiger partial charge in [-0.25, -0.2) is 0 Å². The second-order valence-corrected chi connectivity index (χ2v) is 7.90. The lowest BCUT2D eigenvalue weighted by molar-refractivity contribution is -0.129. The van der Waals surface area contributed by atoms with Gasteiger partial charge in [0, 0.05) is 24.9 Å². The molecule has 0 saturated carbocycles. The van der Waals surface area contributed by atoms with Gasteiger partial charge in [0.1, 0.15) is 12.4 Å². The fourth-order valence-electron chi connectivity index (χ4n) is 4.39. The quantitative estimate of drug-likeness (QED) is 0.830. The molecule has 3 heterocycles. The molecule has 0 radical (unpaired) electrons. The van der Waals surface area contributed by atoms with Crippen molar-refractivity contribution in [2.24, 2.45) is 5.41 Å². The Kier molecular flexibility index (Phi) is 5.25. The minimum absolute atomic E-state index is 0.138. The summed E-state index contributed by atoms with van der Waals surface area (Å²) in [6.07, 6.45) is 13.3. The van der Waals surface area contributed by atoms with Gasteiger partial charge in [0.15, 0.2) is 0 Å². The third-order valence-electron chi connectivity index (χ3n) is 6.03. The van der Waals surface area contributed by atoms with Crippen molar-refractivity contribution in [1.29, 1.82) is 0 Å². The maximum absolute atomic E-state index is 12.7. The Balaban J connectivity index is 1.26. The molecule has 0 aromatic carbocycles. The average molecular weight is 356 g/mol. The minimum Gasteiger partial charge on any atom is -0.489 e. The van der Waals surface area contributed by atoms with Crippen molar-refractivity contribution in [2.45, 2.75) is 51.0 Å². The summed E-state index contributed by atoms with van der Waals surface area (Å²) >= 11 is 0. The maximum Gasteiger partial charge on any atom is 0.249 e. The van der Waals surface area contributed by atoms with Crippen LogP contribution in [0.5, 0.6) is 5.75 Å². The summed E-state index contributed by atoms with van der Waals surface area (Å²) in [7, 11) is 0. The molecule has 1 amide bonds. The fourth-order valence-corrected chi connectivity index (χ4v) is 4.39. The van der Waals surface area contributed by atoms with Crippen LogP contribution in [0.1, 0.15) is 44.9 Å². The van der Waals surface area contributed by atoms with Gasteiger partial charge in [-0.2, -0.15) is 0 Å². The molecule has 5 heteroatoms. The first kappa shape index (κ1) is 17.5. The number of carbonyl (C=O) groups excluding carboxylic acids is 1. The molecule has 1 aromatic rings. The van der Waals surface area contributed by atoms with Crippen molar-refractivity contribution in [1.82, 2.24) is 9.88 Å². The number of likely N-dealkylation sites (tertiary alicyclic amines) is 1. The van der Waals surface area contributed by atoms with E-state index in [1.807, 2.05) is 12.1 Å². The van der Waals surface area contributed by atoms with Crippen molar-refractivity contribution in [3.63, 3.8) is 0 Å². The summed E-state index contributed by atoms with van der Waals surface area (Å²) in [6, 6.07) is 3.79. The Morgan fingerprint density at radius 2 is 2.23 bits per heavy atom. The van der Waals surface area contributed by atoms with Gasteiger partial charge in [-0.1, -0.05) is 6.08 Å². The zero-order valence-corrected chi connectivity index (χ0v) is 15.4. The van der Waals surface area contributed by atoms with Crippen molar-refractivity contribution < 1.29 is 14.3 Å². The van der Waals surface area contributed by atoms with E-state index in [9.17, 15) is 4.79 Å². The van der Waals surface area contributed by atoms with Gasteiger partial charge < -0.3 is 14.4 Å². The van der Waals surface area contributed by atoms with Crippen LogP contribution in [0.15, 0.2) is 36.2 Å². The Labute approximate surface area is 155 Å². The van der Waals surface area contributed by atoms with Crippen LogP contribution in [-0.4, -0.2) is 48.2 Å². The second-order valence-electron chi connectivity index (χ2n) is 7.90. The first-order valence-electron chi connectivity index (χ1n) is 9.87. The molecule has 1 atom stereocenters. The summed E-state index contributed by atoms with van der Waals surface area (Å²) < 4.78 is 11.8. The van der Waals surface area contributed by atoms with Crippen LogP contribution in [0.25, 0.3) is 0 Å². The minimum atomic E-state index is 0.138. The molecule has 2 aliphatic heterocycles. The number of carbonyl (C=O) groups is 1. The number of allylic oxidation sites excluding steroid dienone is 1. The molecule has 3 aliphatic rings. The average Bonchev–Trinajstić information content (AvgIpc) is 3.10. The maximum atomic E-state index is 12.7. The number of ether oxygens (including phenoxy) is 2. The van der Waals surface area contributed by atoms with Gasteiger partial charge in [0.2, 0.25) is 5.91 Å². The Morgan fingerprint density at radius 1 is 1.35 bits per heavy atom. The van der Waals surface area contributed by atoms with Crippen LogP contribution < -0.4 is 4.74 Å². The van der Waals surface area contributed by atoms with Gasteiger partial charge in [-0.15, -0.1) is 0 Å². The number of rotatable bonds is 4. The molecule has 4 rings (SSSR count). The summed E-state index contributed by atoms with van der Waals surface area (Å²) in [5, 5.41) is 0. The Morgan fingerprint density at radius 3 is 2.96 bits per heavy atom. The van der Waals surface area contributed by atoms with Crippen molar-refractivity contribution in [2.75, 3.05) is 26.3 Å². The third-order valence-corrected chi connectivity index (χ3v) is 6.03. The highest BCUT2D eigenvalue weighted by Crippen LogP contribution is 2.42. The van der Waals surface area contributed by atoms with Gasteiger partial charge >= 0.3 is 0 Å². The molecule has 1 spiro atoms. The molecule has 5 nitrogen and oxygen atoms in total. The summed E-state index contributed by atoms with van der Waals surface area (Å²) in [5.41, 5.74) is 1.26. The first-order valence-corrected chi connectivity index (χ1v) is 9.87. The number of hydrogen-bond donors (Lipinski definition) is 0. The molecule has 1 aliphatic carbocycles. The number of pyridine rings is 1. The fraction of sp³-hybridized carbons (Fsp3) is 0.619. The first-order chi connectivity index (χ1) is 12.7. The highest BCUT2D eigenvalue weighted by Gasteiger charge is 2.43. The number of nitrogens with zero attached hydrogens (tertiary/aromatic N) is 2. The molecule has 26 heavy (non-hydrogen) atoms. The van der Waals surface area contributed by atoms with E-state index >= 15 is 0 Å². The van der Waals surface area contributed by atoms with Crippen molar-refractivity contribution >= 4 is 5.91 Å². The third kappa shape index (κ3) is 3.93. The molecular weight excluding hydrogens is 328 g/mol. The van der Waals surface area contributed by atoms with Crippen LogP contribution in [0.3, 0.4) is 0 Å². The SMILES string of the molecule is O=C(C1=CCCCC1)N1CCC2(CC1)CO[C@@H](COc1cccnc1)C2. The van der Waals surface area contributed by atoms with Crippen LogP contribution in [0.4, 0.5) is 0 Å². The lowest BCUT2D eigenvalue weighted by Crippen LogP contribution is -2.44. The summed E-state index contributed by atoms with van der Waals surface area (Å²) in [5.74, 6) is 1.06. The second kappa shape index (κ2) is 7.78. The molecule has 0 unspecified atom stereocenters. The van der Waals surface area contributed by atoms with E-state index in [1.54, 1.807) is 12.4 Å². The molecule has 2 fully saturated rings. The molecule has 0 N–H and O–H groups in total. The van der Waals surface area contributed by atoms with E-state index in [1.165, 1.54) is 6.42 Å². The zero-order chi connectivity index (χ0) is 17.8. The van der Waals surface area contributed by atoms with Crippen molar-refractivity contribution in [3.8, 4) is 5.75 Å². The van der Waals surface area contributed by atoms with E-state index < -0.39 is 0 Å². The molecular formula is C21H28N2O3. The molecule has 2 saturated heterocycles. The Bertz CT molecular complexity index is 650. The van der Waals surface area contributed by atoms with Crippen molar-refractivity contribution in [3.05, 3.63) is 36.2 Å². The van der Waals surface area contributed by atoms with Crippen LogP contribution in [-0.2, 0) is 9.53 Å². The Hall–Kier alpha value is -1.88. The molecule has 0 bridgehead atoms. The van der Waals surface area contributed by atoms with Gasteiger partial charge in [0.05, 0.1) is 18.9 Å². The summed E-state index contributed by atoms with van der Waals surface area (Å²) in [4.78, 5) is 18.8. The lowest BCUT2D eigenvalue weighted by Gasteiger charge is -2.39. The number of hydrogen-bond acceptors (Lipinski definition) is 4. The van der Waals surface area contributed by atoms with Gasteiger partial charge in [0.25, 0.3) is 0 Å². The van der Waals surface area contributed by atoms with E-state index in [2.05, 4.69) is 16.0 Å². The number of piperidine rings is 1. The van der Waals surface area contributed by atoms with E-state index in [0.717, 1.165) is 69.5 Å². The highest BCUT2D eigenvalue weighted by molar-refractivity contribution is 5.93. The molecule has 1 aromatic heterocycles. The predicted molar refractivity (Wildman–Crippen MR) is 98.9 cm³/mol. The predicted octanol–water partition coefficient (Wildman–Crippen LogP) is 3.36. The molecule has 140 valence electrons. The topological polar surface area (TPSA) is 51.7 Å². The standard InChI is InChI=1S/C21H28N2O3/c24-20(17-5-2-1-3-6-17)23-11-8-21(9-12-23)13-19(26-16-21)15-25-18-7-4-10-22-14-18/h4-5,7,10,14,19H,1-3,6,8-9,11-13,15-16H2/t19-/m1/s1. The van der Waals surface area contributed by atoms with Gasteiger partial charge in [-0.3, -0.25) is 9.78 Å². The largest absolute Gasteiger partial charge is 0.489 e. The smallest absolute Gasteiger partial charge is 0.249 e. The van der Waals surface area contributed by atoms with E-state index in [4.69, 9.17) is 9.47 Å². The number of amides is 1. The number of aromatic nitrogens is 1. The van der Waals surface area contributed by atoms with E-state index in [-0.39, 0.29) is 17.4 Å². The monoisotopic (exact) mass is 356 g/mol. The lowest BCUT2D eigenvalue weighted by atomic mass is 9.76. The highest BCUT2D eigenvalue weighted by atomic mass is 16.5. The van der Waals surface area contributed by atoms with Crippen LogP contribution in [0.2, 0.25) is 0 Å². The van der Waals surface area contributed by atoms with E-state index in [0.29, 0.717) is 6.61 Å². The zero-order valence-electron chi connectivity index (χ0n) is 15.4. The normalized spacial score (nSPS) is 25.2. The summed E-state index contributed by atoms with van der Waals surface area (Å²) in [6.45, 7) is 3.08.